The Morgan fingerprint density at radius 1 is 1.12 bits per heavy atom. The van der Waals surface area contributed by atoms with Crippen LogP contribution in [0, 0.1) is 0 Å². The lowest BCUT2D eigenvalue weighted by molar-refractivity contribution is -0.118. The fraction of sp³-hybridized carbons (Fsp3) is 0.167. The molecule has 0 bridgehead atoms. The number of Topliss-reactive ketones (excluding diaryl/α,β-unsaturated/α-hetero) is 1. The zero-order chi connectivity index (χ0) is 23.2. The molecule has 0 fully saturated rings. The van der Waals surface area contributed by atoms with Crippen molar-refractivity contribution in [3.05, 3.63) is 93.6 Å². The van der Waals surface area contributed by atoms with Crippen LogP contribution in [0.4, 0.5) is 11.6 Å². The summed E-state index contributed by atoms with van der Waals surface area (Å²) in [6, 6.07) is 15.9. The average Bonchev–Trinajstić information content (AvgIpc) is 3.33. The number of hydrogen-bond acceptors (Lipinski definition) is 7. The van der Waals surface area contributed by atoms with Crippen molar-refractivity contribution in [1.82, 2.24) is 14.7 Å². The molecule has 0 atom stereocenters. The van der Waals surface area contributed by atoms with Crippen molar-refractivity contribution in [2.24, 2.45) is 0 Å². The highest BCUT2D eigenvalue weighted by molar-refractivity contribution is 6.30. The van der Waals surface area contributed by atoms with Gasteiger partial charge in [-0.25, -0.2) is 4.98 Å². The van der Waals surface area contributed by atoms with E-state index in [2.05, 4.69) is 15.5 Å². The number of aromatic nitrogens is 3. The van der Waals surface area contributed by atoms with Crippen LogP contribution in [0.1, 0.15) is 24.5 Å². The van der Waals surface area contributed by atoms with Crippen LogP contribution in [-0.4, -0.2) is 20.5 Å². The number of ether oxygens (including phenoxy) is 1. The molecule has 2 aromatic carbocycles. The number of halogens is 1. The van der Waals surface area contributed by atoms with E-state index in [0.717, 1.165) is 5.56 Å². The number of nitrogens with zero attached hydrogens (tertiary/aromatic N) is 3. The Morgan fingerprint density at radius 2 is 1.88 bits per heavy atom. The predicted molar refractivity (Wildman–Crippen MR) is 124 cm³/mol. The molecule has 0 radical (unpaired) electrons. The summed E-state index contributed by atoms with van der Waals surface area (Å²) in [4.78, 5) is 29.6. The summed E-state index contributed by atoms with van der Waals surface area (Å²) in [5.41, 5.74) is 1.67. The number of hydrogen-bond donors (Lipinski definition) is 1. The Labute approximate surface area is 194 Å². The third-order valence-corrected chi connectivity index (χ3v) is 5.15. The summed E-state index contributed by atoms with van der Waals surface area (Å²) in [7, 11) is 0. The largest absolute Gasteiger partial charge is 0.436 e. The molecule has 2 aromatic heterocycles. The van der Waals surface area contributed by atoms with Gasteiger partial charge in [-0.15, -0.1) is 0 Å². The second-order valence-corrected chi connectivity index (χ2v) is 7.72. The van der Waals surface area contributed by atoms with Crippen LogP contribution >= 0.6 is 11.6 Å². The maximum absolute atomic E-state index is 13.2. The van der Waals surface area contributed by atoms with E-state index in [1.54, 1.807) is 49.4 Å². The Balaban J connectivity index is 1.61. The topological polar surface area (TPSA) is 99.2 Å². The third kappa shape index (κ3) is 5.67. The van der Waals surface area contributed by atoms with E-state index in [1.165, 1.54) is 17.0 Å². The molecule has 0 aliphatic rings. The highest BCUT2D eigenvalue weighted by Crippen LogP contribution is 2.23. The van der Waals surface area contributed by atoms with Crippen molar-refractivity contribution in [2.75, 3.05) is 5.32 Å². The summed E-state index contributed by atoms with van der Waals surface area (Å²) in [5.74, 6) is 1.27. The van der Waals surface area contributed by atoms with Crippen LogP contribution in [0.2, 0.25) is 5.02 Å². The Hall–Kier alpha value is -3.91. The minimum Gasteiger partial charge on any atom is -0.436 e. The Bertz CT molecular complexity index is 1280. The number of ketones is 1. The fourth-order valence-corrected chi connectivity index (χ4v) is 3.25. The molecule has 0 aliphatic carbocycles. The zero-order valence-electron chi connectivity index (χ0n) is 17.8. The predicted octanol–water partition coefficient (Wildman–Crippen LogP) is 4.99. The number of benzene rings is 2. The van der Waals surface area contributed by atoms with Crippen molar-refractivity contribution in [2.45, 2.75) is 26.3 Å². The van der Waals surface area contributed by atoms with E-state index in [0.29, 0.717) is 40.3 Å². The van der Waals surface area contributed by atoms with E-state index in [9.17, 15) is 9.59 Å². The molecule has 33 heavy (non-hydrogen) atoms. The molecule has 1 N–H and O–H groups in total. The monoisotopic (exact) mass is 464 g/mol. The van der Waals surface area contributed by atoms with Crippen LogP contribution in [0.25, 0.3) is 0 Å². The first-order valence-electron chi connectivity index (χ1n) is 10.3. The average molecular weight is 465 g/mol. The first kappa shape index (κ1) is 22.3. The normalized spacial score (nSPS) is 10.7. The second-order valence-electron chi connectivity index (χ2n) is 7.28. The van der Waals surface area contributed by atoms with E-state index in [4.69, 9.17) is 20.9 Å². The van der Waals surface area contributed by atoms with Crippen molar-refractivity contribution in [1.29, 1.82) is 0 Å². The summed E-state index contributed by atoms with van der Waals surface area (Å²) >= 11 is 5.99. The quantitative estimate of drug-likeness (QED) is 0.372. The number of anilines is 2. The van der Waals surface area contributed by atoms with E-state index >= 15 is 0 Å². The maximum Gasteiger partial charge on any atom is 0.259 e. The standard InChI is InChI=1S/C24H21ClN4O4/c1-2-20(30)13-17-14-26-24(29(23(17)31)15-16-3-5-18(25)6-4-16)27-19-7-9-21(10-8-19)33-22-11-12-32-28-22/h3-12,14H,2,13,15H2,1H3,(H,26,27). The van der Waals surface area contributed by atoms with Gasteiger partial charge in [0.15, 0.2) is 0 Å². The molecule has 4 rings (SSSR count). The smallest absolute Gasteiger partial charge is 0.259 e. The van der Waals surface area contributed by atoms with Crippen LogP contribution in [0.15, 0.2) is 76.4 Å². The number of nitrogens with one attached hydrogen (secondary N) is 1. The SMILES string of the molecule is CCC(=O)Cc1cnc(Nc2ccc(Oc3ccon3)cc2)n(Cc2ccc(Cl)cc2)c1=O. The van der Waals surface area contributed by atoms with Gasteiger partial charge in [-0.2, -0.15) is 0 Å². The summed E-state index contributed by atoms with van der Waals surface area (Å²) in [5, 5.41) is 7.50. The van der Waals surface area contributed by atoms with Gasteiger partial charge in [0.1, 0.15) is 17.8 Å². The lowest BCUT2D eigenvalue weighted by Crippen LogP contribution is -2.28. The first-order chi connectivity index (χ1) is 16.0. The van der Waals surface area contributed by atoms with E-state index in [-0.39, 0.29) is 24.3 Å². The van der Waals surface area contributed by atoms with Crippen molar-refractivity contribution in [3.8, 4) is 11.6 Å². The molecule has 2 heterocycles. The fourth-order valence-electron chi connectivity index (χ4n) is 3.12. The molecule has 168 valence electrons. The van der Waals surface area contributed by atoms with Gasteiger partial charge in [-0.05, 0) is 47.1 Å². The molecule has 0 saturated heterocycles. The molecular weight excluding hydrogens is 444 g/mol. The van der Waals surface area contributed by atoms with E-state index in [1.807, 2.05) is 12.1 Å². The van der Waals surface area contributed by atoms with Crippen LogP contribution in [0.3, 0.4) is 0 Å². The van der Waals surface area contributed by atoms with Gasteiger partial charge in [-0.3, -0.25) is 14.2 Å². The minimum atomic E-state index is -0.268. The van der Waals surface area contributed by atoms with Gasteiger partial charge in [-0.1, -0.05) is 30.7 Å². The van der Waals surface area contributed by atoms with Gasteiger partial charge in [0.05, 0.1) is 6.54 Å². The highest BCUT2D eigenvalue weighted by atomic mass is 35.5. The van der Waals surface area contributed by atoms with Crippen LogP contribution in [0.5, 0.6) is 11.6 Å². The molecule has 0 spiro atoms. The zero-order valence-corrected chi connectivity index (χ0v) is 18.6. The van der Waals surface area contributed by atoms with Gasteiger partial charge >= 0.3 is 0 Å². The number of rotatable bonds is 9. The Morgan fingerprint density at radius 3 is 2.55 bits per heavy atom. The minimum absolute atomic E-state index is 0.0182. The molecule has 9 heteroatoms. The molecule has 0 amide bonds. The maximum atomic E-state index is 13.2. The van der Waals surface area contributed by atoms with Gasteiger partial charge in [0, 0.05) is 41.4 Å². The lowest BCUT2D eigenvalue weighted by Gasteiger charge is -2.15. The van der Waals surface area contributed by atoms with E-state index < -0.39 is 0 Å². The molecular formula is C24H21ClN4O4. The van der Waals surface area contributed by atoms with Crippen LogP contribution < -0.4 is 15.6 Å². The number of carbonyl (C=O) groups is 1. The molecule has 0 aliphatic heterocycles. The molecule has 4 aromatic rings. The highest BCUT2D eigenvalue weighted by Gasteiger charge is 2.14. The first-order valence-corrected chi connectivity index (χ1v) is 10.7. The van der Waals surface area contributed by atoms with Crippen molar-refractivity contribution < 1.29 is 14.1 Å². The molecule has 0 unspecified atom stereocenters. The van der Waals surface area contributed by atoms with Crippen molar-refractivity contribution >= 4 is 29.0 Å². The lowest BCUT2D eigenvalue weighted by atomic mass is 10.1. The molecule has 0 saturated carbocycles. The third-order valence-electron chi connectivity index (χ3n) is 4.90. The molecule has 8 nitrogen and oxygen atoms in total. The van der Waals surface area contributed by atoms with Gasteiger partial charge in [0.25, 0.3) is 11.4 Å². The Kier molecular flexibility index (Phi) is 6.85. The van der Waals surface area contributed by atoms with Crippen LogP contribution in [-0.2, 0) is 17.8 Å². The second kappa shape index (κ2) is 10.1. The summed E-state index contributed by atoms with van der Waals surface area (Å²) in [6.45, 7) is 2.04. The van der Waals surface area contributed by atoms with Gasteiger partial charge in [0.2, 0.25) is 5.95 Å². The van der Waals surface area contributed by atoms with Crippen molar-refractivity contribution in [3.63, 3.8) is 0 Å². The summed E-state index contributed by atoms with van der Waals surface area (Å²) < 4.78 is 11.8. The summed E-state index contributed by atoms with van der Waals surface area (Å²) in [6.07, 6.45) is 3.30. The van der Waals surface area contributed by atoms with Gasteiger partial charge < -0.3 is 14.6 Å². The number of carbonyl (C=O) groups excluding carboxylic acids is 1.